The lowest BCUT2D eigenvalue weighted by molar-refractivity contribution is -0.136. The minimum Gasteiger partial charge on any atom is -0.480 e. The third-order valence-electron chi connectivity index (χ3n) is 3.93. The van der Waals surface area contributed by atoms with Gasteiger partial charge in [0, 0.05) is 5.69 Å². The third-order valence-corrected chi connectivity index (χ3v) is 4.35. The molecule has 0 aliphatic carbocycles. The molecule has 0 bridgehead atoms. The lowest BCUT2D eigenvalue weighted by atomic mass is 10.1. The van der Waals surface area contributed by atoms with Crippen LogP contribution in [0.5, 0.6) is 0 Å². The number of aliphatic carboxylic acids is 1. The molecule has 2 N–H and O–H groups in total. The number of amides is 2. The van der Waals surface area contributed by atoms with Crippen molar-refractivity contribution in [3.63, 3.8) is 0 Å². The summed E-state index contributed by atoms with van der Waals surface area (Å²) >= 11 is 4.33. The Balaban J connectivity index is 2.03. The molecule has 27 heavy (non-hydrogen) atoms. The van der Waals surface area contributed by atoms with E-state index in [1.54, 1.807) is 30.3 Å². The van der Waals surface area contributed by atoms with E-state index in [1.165, 1.54) is 6.92 Å². The molecule has 142 valence electrons. The fourth-order valence-corrected chi connectivity index (χ4v) is 2.86. The van der Waals surface area contributed by atoms with Crippen LogP contribution in [-0.2, 0) is 20.8 Å². The Labute approximate surface area is 163 Å². The first-order chi connectivity index (χ1) is 12.9. The molecule has 7 heteroatoms. The van der Waals surface area contributed by atoms with E-state index in [2.05, 4.69) is 17.9 Å². The zero-order valence-electron chi connectivity index (χ0n) is 14.9. The summed E-state index contributed by atoms with van der Waals surface area (Å²) in [6, 6.07) is 17.0. The van der Waals surface area contributed by atoms with Crippen LogP contribution in [0.1, 0.15) is 12.5 Å². The molecule has 0 saturated heterocycles. The number of para-hydroxylation sites is 1. The van der Waals surface area contributed by atoms with Gasteiger partial charge in [-0.15, -0.1) is 0 Å². The molecule has 0 heterocycles. The fourth-order valence-electron chi connectivity index (χ4n) is 2.57. The second-order valence-corrected chi connectivity index (χ2v) is 6.71. The van der Waals surface area contributed by atoms with Gasteiger partial charge >= 0.3 is 5.97 Å². The van der Waals surface area contributed by atoms with Crippen molar-refractivity contribution in [3.05, 3.63) is 66.2 Å². The van der Waals surface area contributed by atoms with Gasteiger partial charge in [-0.3, -0.25) is 19.3 Å². The topological polar surface area (TPSA) is 86.7 Å². The van der Waals surface area contributed by atoms with Gasteiger partial charge in [0.15, 0.2) is 0 Å². The quantitative estimate of drug-likeness (QED) is 0.607. The number of hydrogen-bond donors (Lipinski definition) is 3. The number of thiol groups is 1. The zero-order chi connectivity index (χ0) is 19.8. The van der Waals surface area contributed by atoms with Crippen LogP contribution in [0.25, 0.3) is 0 Å². The van der Waals surface area contributed by atoms with Crippen LogP contribution in [0.3, 0.4) is 0 Å². The van der Waals surface area contributed by atoms with Crippen LogP contribution in [0, 0.1) is 0 Å². The van der Waals surface area contributed by atoms with E-state index < -0.39 is 29.7 Å². The molecule has 0 spiro atoms. The Hall–Kier alpha value is -2.80. The predicted molar refractivity (Wildman–Crippen MR) is 107 cm³/mol. The summed E-state index contributed by atoms with van der Waals surface area (Å²) < 4.78 is 0. The van der Waals surface area contributed by atoms with E-state index in [4.69, 9.17) is 5.11 Å². The SMILES string of the molecule is C[C@H](NC(=O)[C@@H](S)Cc1ccccc1)C(=O)N(CC(=O)O)c1ccccc1. The van der Waals surface area contributed by atoms with Crippen molar-refractivity contribution in [2.45, 2.75) is 24.6 Å². The maximum absolute atomic E-state index is 12.7. The number of carbonyl (C=O) groups excluding carboxylic acids is 2. The largest absolute Gasteiger partial charge is 0.480 e. The molecule has 0 aliphatic heterocycles. The smallest absolute Gasteiger partial charge is 0.323 e. The van der Waals surface area contributed by atoms with Gasteiger partial charge in [0.1, 0.15) is 12.6 Å². The average molecular weight is 386 g/mol. The van der Waals surface area contributed by atoms with Gasteiger partial charge in [0.2, 0.25) is 11.8 Å². The second-order valence-electron chi connectivity index (χ2n) is 6.09. The maximum atomic E-state index is 12.7. The summed E-state index contributed by atoms with van der Waals surface area (Å²) in [7, 11) is 0. The number of carboxylic acids is 1. The normalized spacial score (nSPS) is 12.7. The molecular weight excluding hydrogens is 364 g/mol. The Morgan fingerprint density at radius 2 is 1.59 bits per heavy atom. The molecule has 0 aromatic heterocycles. The number of anilines is 1. The molecule has 2 amide bonds. The summed E-state index contributed by atoms with van der Waals surface area (Å²) in [6.07, 6.45) is 0.425. The van der Waals surface area contributed by atoms with Crippen LogP contribution in [0.4, 0.5) is 5.69 Å². The monoisotopic (exact) mass is 386 g/mol. The molecule has 2 rings (SSSR count). The molecule has 2 atom stereocenters. The van der Waals surface area contributed by atoms with Crippen molar-refractivity contribution in [1.29, 1.82) is 0 Å². The average Bonchev–Trinajstić information content (AvgIpc) is 2.66. The van der Waals surface area contributed by atoms with Crippen molar-refractivity contribution < 1.29 is 19.5 Å². The van der Waals surface area contributed by atoms with Crippen LogP contribution in [-0.4, -0.2) is 40.7 Å². The Morgan fingerprint density at radius 3 is 2.15 bits per heavy atom. The zero-order valence-corrected chi connectivity index (χ0v) is 15.8. The molecule has 0 radical (unpaired) electrons. The highest BCUT2D eigenvalue weighted by molar-refractivity contribution is 7.81. The first kappa shape index (κ1) is 20.5. The highest BCUT2D eigenvalue weighted by atomic mass is 32.1. The minimum atomic E-state index is -1.14. The summed E-state index contributed by atoms with van der Waals surface area (Å²) in [6.45, 7) is 1.04. The van der Waals surface area contributed by atoms with Crippen molar-refractivity contribution in [2.24, 2.45) is 0 Å². The molecule has 2 aromatic rings. The minimum absolute atomic E-state index is 0.383. The lowest BCUT2D eigenvalue weighted by Crippen LogP contribution is -2.50. The molecule has 0 unspecified atom stereocenters. The number of carbonyl (C=O) groups is 3. The van der Waals surface area contributed by atoms with Crippen LogP contribution < -0.4 is 10.2 Å². The first-order valence-corrected chi connectivity index (χ1v) is 9.00. The third kappa shape index (κ3) is 6.14. The number of nitrogens with zero attached hydrogens (tertiary/aromatic N) is 1. The Bertz CT molecular complexity index is 783. The summed E-state index contributed by atoms with van der Waals surface area (Å²) in [5.74, 6) is -2.02. The van der Waals surface area contributed by atoms with E-state index in [-0.39, 0.29) is 5.91 Å². The van der Waals surface area contributed by atoms with Crippen molar-refractivity contribution in [1.82, 2.24) is 5.32 Å². The Morgan fingerprint density at radius 1 is 1.04 bits per heavy atom. The summed E-state index contributed by atoms with van der Waals surface area (Å²) in [4.78, 5) is 37.4. The molecule has 6 nitrogen and oxygen atoms in total. The molecule has 0 aliphatic rings. The lowest BCUT2D eigenvalue weighted by Gasteiger charge is -2.25. The van der Waals surface area contributed by atoms with Gasteiger partial charge in [0.25, 0.3) is 0 Å². The molecule has 0 fully saturated rings. The van der Waals surface area contributed by atoms with Crippen molar-refractivity contribution >= 4 is 36.1 Å². The number of rotatable bonds is 8. The number of nitrogens with one attached hydrogen (secondary N) is 1. The van der Waals surface area contributed by atoms with Gasteiger partial charge in [-0.05, 0) is 31.0 Å². The van der Waals surface area contributed by atoms with E-state index in [9.17, 15) is 14.4 Å². The number of hydrogen-bond acceptors (Lipinski definition) is 4. The highest BCUT2D eigenvalue weighted by Crippen LogP contribution is 2.15. The fraction of sp³-hybridized carbons (Fsp3) is 0.250. The predicted octanol–water partition coefficient (Wildman–Crippen LogP) is 2.15. The highest BCUT2D eigenvalue weighted by Gasteiger charge is 2.26. The maximum Gasteiger partial charge on any atom is 0.323 e. The van der Waals surface area contributed by atoms with E-state index in [1.807, 2.05) is 30.3 Å². The Kier molecular flexibility index (Phi) is 7.43. The number of carboxylic acid groups (broad SMARTS) is 1. The van der Waals surface area contributed by atoms with E-state index in [0.29, 0.717) is 12.1 Å². The number of benzene rings is 2. The molecule has 0 saturated carbocycles. The van der Waals surface area contributed by atoms with Crippen molar-refractivity contribution in [2.75, 3.05) is 11.4 Å². The summed E-state index contributed by atoms with van der Waals surface area (Å²) in [5, 5.41) is 11.1. The van der Waals surface area contributed by atoms with Gasteiger partial charge in [-0.1, -0.05) is 48.5 Å². The molecule has 2 aromatic carbocycles. The van der Waals surface area contributed by atoms with E-state index in [0.717, 1.165) is 10.5 Å². The van der Waals surface area contributed by atoms with Gasteiger partial charge < -0.3 is 10.4 Å². The van der Waals surface area contributed by atoms with Crippen LogP contribution in [0.15, 0.2) is 60.7 Å². The summed E-state index contributed by atoms with van der Waals surface area (Å²) in [5.41, 5.74) is 1.42. The van der Waals surface area contributed by atoms with Crippen molar-refractivity contribution in [3.8, 4) is 0 Å². The van der Waals surface area contributed by atoms with Crippen LogP contribution in [0.2, 0.25) is 0 Å². The van der Waals surface area contributed by atoms with E-state index >= 15 is 0 Å². The standard InChI is InChI=1S/C20H22N2O4S/c1-14(21-19(25)17(27)12-15-8-4-2-5-9-15)20(26)22(13-18(23)24)16-10-6-3-7-11-16/h2-11,14,17,27H,12-13H2,1H3,(H,21,25)(H,23,24)/t14-,17-/m0/s1. The first-order valence-electron chi connectivity index (χ1n) is 8.49. The van der Waals surface area contributed by atoms with Gasteiger partial charge in [-0.25, -0.2) is 0 Å². The second kappa shape index (κ2) is 9.78. The van der Waals surface area contributed by atoms with Gasteiger partial charge in [-0.2, -0.15) is 12.6 Å². The van der Waals surface area contributed by atoms with Crippen LogP contribution >= 0.6 is 12.6 Å². The molecular formula is C20H22N2O4S. The van der Waals surface area contributed by atoms with Gasteiger partial charge in [0.05, 0.1) is 5.25 Å².